The molecule has 6 nitrogen and oxygen atoms in total. The third-order valence-corrected chi connectivity index (χ3v) is 3.00. The van der Waals surface area contributed by atoms with Gasteiger partial charge in [0.2, 0.25) is 0 Å². The van der Waals surface area contributed by atoms with E-state index in [1.165, 1.54) is 6.92 Å². The Morgan fingerprint density at radius 1 is 1.29 bits per heavy atom. The fourth-order valence-corrected chi connectivity index (χ4v) is 1.98. The molecule has 0 aromatic rings. The van der Waals surface area contributed by atoms with E-state index in [4.69, 9.17) is 14.6 Å². The van der Waals surface area contributed by atoms with Gasteiger partial charge in [0.05, 0.1) is 13.2 Å². The van der Waals surface area contributed by atoms with Gasteiger partial charge in [0, 0.05) is 0 Å². The van der Waals surface area contributed by atoms with E-state index in [2.05, 4.69) is 0 Å². The van der Waals surface area contributed by atoms with Gasteiger partial charge in [-0.2, -0.15) is 0 Å². The first-order chi connectivity index (χ1) is 6.45. The molecule has 0 radical (unpaired) electrons. The second-order valence-electron chi connectivity index (χ2n) is 4.01. The second-order valence-corrected chi connectivity index (χ2v) is 4.01. The maximum Gasteiger partial charge on any atom is 0.195 e. The van der Waals surface area contributed by atoms with E-state index in [9.17, 15) is 15.3 Å². The zero-order valence-electron chi connectivity index (χ0n) is 7.75. The van der Waals surface area contributed by atoms with Gasteiger partial charge >= 0.3 is 0 Å². The van der Waals surface area contributed by atoms with Gasteiger partial charge in [-0.15, -0.1) is 0 Å². The van der Waals surface area contributed by atoms with Crippen LogP contribution in [0.15, 0.2) is 0 Å². The number of aliphatic hydroxyl groups excluding tert-OH is 4. The number of fused-ring (bicyclic) bond motifs is 2. The van der Waals surface area contributed by atoms with E-state index in [0.717, 1.165) is 0 Å². The summed E-state index contributed by atoms with van der Waals surface area (Å²) in [5, 5.41) is 37.8. The van der Waals surface area contributed by atoms with E-state index >= 15 is 0 Å². The van der Waals surface area contributed by atoms with Crippen LogP contribution in [-0.4, -0.2) is 63.3 Å². The summed E-state index contributed by atoms with van der Waals surface area (Å²) in [7, 11) is 0. The lowest BCUT2D eigenvalue weighted by Gasteiger charge is -2.44. The van der Waals surface area contributed by atoms with Crippen LogP contribution < -0.4 is 0 Å². The SMILES string of the molecule is CC12OCC(CO)(O1)[C@@H](O)[C@H](O)[C@@H]2O. The highest BCUT2D eigenvalue weighted by atomic mass is 16.8. The Labute approximate surface area is 80.7 Å². The number of aliphatic hydroxyl groups is 4. The Morgan fingerprint density at radius 2 is 1.93 bits per heavy atom. The highest BCUT2D eigenvalue weighted by Gasteiger charge is 2.64. The Kier molecular flexibility index (Phi) is 2.11. The Hall–Kier alpha value is -0.240. The first-order valence-corrected chi connectivity index (χ1v) is 4.44. The molecule has 2 rings (SSSR count). The van der Waals surface area contributed by atoms with Crippen LogP contribution in [0.25, 0.3) is 0 Å². The molecule has 0 saturated carbocycles. The van der Waals surface area contributed by atoms with Gasteiger partial charge in [0.25, 0.3) is 0 Å². The summed E-state index contributed by atoms with van der Waals surface area (Å²) in [6, 6.07) is 0. The third-order valence-electron chi connectivity index (χ3n) is 3.00. The molecule has 6 heteroatoms. The van der Waals surface area contributed by atoms with E-state index < -0.39 is 36.3 Å². The molecular weight excluding hydrogens is 192 g/mol. The second kappa shape index (κ2) is 2.88. The molecule has 82 valence electrons. The summed E-state index contributed by atoms with van der Waals surface area (Å²) >= 11 is 0. The molecule has 0 aliphatic carbocycles. The Balaban J connectivity index is 2.34. The number of hydrogen-bond acceptors (Lipinski definition) is 6. The van der Waals surface area contributed by atoms with Crippen LogP contribution in [0.1, 0.15) is 6.92 Å². The molecule has 0 amide bonds. The van der Waals surface area contributed by atoms with Crippen LogP contribution in [0.4, 0.5) is 0 Å². The molecule has 2 unspecified atom stereocenters. The van der Waals surface area contributed by atoms with Crippen molar-refractivity contribution in [2.45, 2.75) is 36.6 Å². The molecule has 0 aromatic carbocycles. The molecule has 2 fully saturated rings. The summed E-state index contributed by atoms with van der Waals surface area (Å²) in [4.78, 5) is 0. The van der Waals surface area contributed by atoms with Crippen molar-refractivity contribution in [2.24, 2.45) is 0 Å². The van der Waals surface area contributed by atoms with Crippen LogP contribution in [0, 0.1) is 0 Å². The topological polar surface area (TPSA) is 99.4 Å². The first kappa shape index (κ1) is 10.3. The molecule has 2 bridgehead atoms. The van der Waals surface area contributed by atoms with E-state index in [1.807, 2.05) is 0 Å². The maximum absolute atomic E-state index is 9.62. The van der Waals surface area contributed by atoms with Crippen molar-refractivity contribution in [1.29, 1.82) is 0 Å². The summed E-state index contributed by atoms with van der Waals surface area (Å²) in [6.45, 7) is 0.951. The molecular formula is C8H14O6. The minimum Gasteiger partial charge on any atom is -0.393 e. The van der Waals surface area contributed by atoms with Gasteiger partial charge in [-0.3, -0.25) is 0 Å². The van der Waals surface area contributed by atoms with Crippen LogP contribution in [0.5, 0.6) is 0 Å². The normalized spacial score (nSPS) is 57.6. The number of rotatable bonds is 1. The number of hydrogen-bond donors (Lipinski definition) is 4. The van der Waals surface area contributed by atoms with Gasteiger partial charge < -0.3 is 29.9 Å². The van der Waals surface area contributed by atoms with Crippen molar-refractivity contribution in [1.82, 2.24) is 0 Å². The van der Waals surface area contributed by atoms with Crippen LogP contribution in [-0.2, 0) is 9.47 Å². The average Bonchev–Trinajstić information content (AvgIpc) is 2.52. The van der Waals surface area contributed by atoms with Crippen molar-refractivity contribution >= 4 is 0 Å². The smallest absolute Gasteiger partial charge is 0.195 e. The summed E-state index contributed by atoms with van der Waals surface area (Å²) in [5.74, 6) is -1.35. The molecule has 2 heterocycles. The highest BCUT2D eigenvalue weighted by molar-refractivity contribution is 5.07. The lowest BCUT2D eigenvalue weighted by atomic mass is 9.87. The minimum atomic E-state index is -1.37. The van der Waals surface area contributed by atoms with Crippen LogP contribution >= 0.6 is 0 Å². The van der Waals surface area contributed by atoms with Crippen molar-refractivity contribution in [2.75, 3.05) is 13.2 Å². The predicted octanol–water partition coefficient (Wildman–Crippen LogP) is -2.42. The largest absolute Gasteiger partial charge is 0.393 e. The van der Waals surface area contributed by atoms with Crippen molar-refractivity contribution in [3.63, 3.8) is 0 Å². The molecule has 2 aliphatic rings. The maximum atomic E-state index is 9.62. The molecule has 2 saturated heterocycles. The van der Waals surface area contributed by atoms with Gasteiger partial charge in [0.15, 0.2) is 5.79 Å². The quantitative estimate of drug-likeness (QED) is 0.381. The van der Waals surface area contributed by atoms with Crippen molar-refractivity contribution in [3.8, 4) is 0 Å². The number of ether oxygens (including phenoxy) is 2. The zero-order chi connectivity index (χ0) is 10.6. The monoisotopic (exact) mass is 206 g/mol. The molecule has 2 aliphatic heterocycles. The summed E-state index contributed by atoms with van der Waals surface area (Å²) in [5.41, 5.74) is -1.31. The van der Waals surface area contributed by atoms with Gasteiger partial charge in [-0.1, -0.05) is 0 Å². The van der Waals surface area contributed by atoms with E-state index in [0.29, 0.717) is 0 Å². The Bertz CT molecular complexity index is 246. The first-order valence-electron chi connectivity index (χ1n) is 4.44. The van der Waals surface area contributed by atoms with E-state index in [1.54, 1.807) is 0 Å². The van der Waals surface area contributed by atoms with Crippen molar-refractivity contribution in [3.05, 3.63) is 0 Å². The molecule has 0 spiro atoms. The van der Waals surface area contributed by atoms with Gasteiger partial charge in [-0.05, 0) is 6.92 Å². The van der Waals surface area contributed by atoms with Gasteiger partial charge in [0.1, 0.15) is 23.9 Å². The third kappa shape index (κ3) is 1.06. The lowest BCUT2D eigenvalue weighted by Crippen LogP contribution is -2.65. The van der Waals surface area contributed by atoms with Crippen molar-refractivity contribution < 1.29 is 29.9 Å². The Morgan fingerprint density at radius 3 is 2.50 bits per heavy atom. The standard InChI is InChI=1S/C8H14O6/c1-7-5(11)4(10)6(12)8(2-9,14-7)3-13-7/h4-6,9-12H,2-3H2,1H3/t4-,5+,6+,7?,8?/m1/s1. The molecule has 0 aromatic heterocycles. The molecule has 14 heavy (non-hydrogen) atoms. The van der Waals surface area contributed by atoms with E-state index in [-0.39, 0.29) is 6.61 Å². The predicted molar refractivity (Wildman–Crippen MR) is 43.3 cm³/mol. The molecule has 5 atom stereocenters. The van der Waals surface area contributed by atoms with Gasteiger partial charge in [-0.25, -0.2) is 0 Å². The fourth-order valence-electron chi connectivity index (χ4n) is 1.98. The van der Waals surface area contributed by atoms with Crippen LogP contribution in [0.2, 0.25) is 0 Å². The van der Waals surface area contributed by atoms with Crippen LogP contribution in [0.3, 0.4) is 0 Å². The zero-order valence-corrected chi connectivity index (χ0v) is 7.75. The lowest BCUT2D eigenvalue weighted by molar-refractivity contribution is -0.314. The minimum absolute atomic E-state index is 0.0463. The summed E-state index contributed by atoms with van der Waals surface area (Å²) in [6.07, 6.45) is -4.04. The fraction of sp³-hybridized carbons (Fsp3) is 1.00. The summed E-state index contributed by atoms with van der Waals surface area (Å²) < 4.78 is 10.4. The highest BCUT2D eigenvalue weighted by Crippen LogP contribution is 2.43. The molecule has 4 N–H and O–H groups in total. The average molecular weight is 206 g/mol.